The number of hydrogen-bond acceptors (Lipinski definition) is 2. The van der Waals surface area contributed by atoms with Crippen molar-refractivity contribution in [3.05, 3.63) is 45.8 Å². The SMILES string of the molecule is Cc1cccc(-c2cc3c(s2)CCNC3)c1C. The fraction of sp³-hybridized carbons (Fsp3) is 0.333. The zero-order valence-corrected chi connectivity index (χ0v) is 11.2. The summed E-state index contributed by atoms with van der Waals surface area (Å²) in [6, 6.07) is 8.96. The second kappa shape index (κ2) is 4.28. The van der Waals surface area contributed by atoms with Gasteiger partial charge in [0.05, 0.1) is 0 Å². The van der Waals surface area contributed by atoms with Crippen LogP contribution in [0, 0.1) is 13.8 Å². The van der Waals surface area contributed by atoms with Crippen molar-refractivity contribution in [2.75, 3.05) is 6.54 Å². The third-order valence-electron chi connectivity index (χ3n) is 3.61. The monoisotopic (exact) mass is 243 g/mol. The summed E-state index contributed by atoms with van der Waals surface area (Å²) in [5.41, 5.74) is 5.70. The first kappa shape index (κ1) is 11.0. The smallest absolute Gasteiger partial charge is 0.0351 e. The minimum Gasteiger partial charge on any atom is -0.312 e. The molecule has 1 nitrogen and oxygen atoms in total. The van der Waals surface area contributed by atoms with E-state index < -0.39 is 0 Å². The molecule has 1 aromatic heterocycles. The predicted octanol–water partition coefficient (Wildman–Crippen LogP) is 3.68. The fourth-order valence-electron chi connectivity index (χ4n) is 2.40. The van der Waals surface area contributed by atoms with Crippen molar-refractivity contribution in [2.45, 2.75) is 26.8 Å². The number of hydrogen-bond donors (Lipinski definition) is 1. The molecule has 17 heavy (non-hydrogen) atoms. The van der Waals surface area contributed by atoms with E-state index in [1.54, 1.807) is 4.88 Å². The highest BCUT2D eigenvalue weighted by molar-refractivity contribution is 7.15. The molecule has 3 rings (SSSR count). The van der Waals surface area contributed by atoms with E-state index in [0.717, 1.165) is 13.1 Å². The molecule has 2 aromatic rings. The summed E-state index contributed by atoms with van der Waals surface area (Å²) in [6.07, 6.45) is 1.19. The van der Waals surface area contributed by atoms with Crippen LogP contribution in [0.4, 0.5) is 0 Å². The van der Waals surface area contributed by atoms with E-state index in [1.807, 2.05) is 11.3 Å². The quantitative estimate of drug-likeness (QED) is 0.805. The molecular formula is C15H17NS. The van der Waals surface area contributed by atoms with E-state index in [9.17, 15) is 0 Å². The summed E-state index contributed by atoms with van der Waals surface area (Å²) in [6.45, 7) is 6.58. The van der Waals surface area contributed by atoms with Gasteiger partial charge >= 0.3 is 0 Å². The molecule has 0 saturated heterocycles. The topological polar surface area (TPSA) is 12.0 Å². The number of aryl methyl sites for hydroxylation is 1. The standard InChI is InChI=1S/C15H17NS/c1-10-4-3-5-13(11(10)2)15-8-12-9-16-7-6-14(12)17-15/h3-5,8,16H,6-7,9H2,1-2H3. The van der Waals surface area contributed by atoms with Gasteiger partial charge in [0.1, 0.15) is 0 Å². The Labute approximate surface area is 106 Å². The summed E-state index contributed by atoms with van der Waals surface area (Å²) in [7, 11) is 0. The van der Waals surface area contributed by atoms with E-state index in [4.69, 9.17) is 0 Å². The summed E-state index contributed by atoms with van der Waals surface area (Å²) < 4.78 is 0. The van der Waals surface area contributed by atoms with E-state index in [1.165, 1.54) is 33.6 Å². The van der Waals surface area contributed by atoms with Gasteiger partial charge in [-0.05, 0) is 48.6 Å². The molecule has 2 heteroatoms. The second-order valence-electron chi connectivity index (χ2n) is 4.73. The Bertz CT molecular complexity index is 531. The van der Waals surface area contributed by atoms with Crippen molar-refractivity contribution in [3.8, 4) is 10.4 Å². The van der Waals surface area contributed by atoms with Crippen molar-refractivity contribution in [2.24, 2.45) is 0 Å². The van der Waals surface area contributed by atoms with Gasteiger partial charge in [-0.3, -0.25) is 0 Å². The van der Waals surface area contributed by atoms with Crippen molar-refractivity contribution >= 4 is 11.3 Å². The van der Waals surface area contributed by atoms with Crippen LogP contribution in [0.25, 0.3) is 10.4 Å². The van der Waals surface area contributed by atoms with E-state index >= 15 is 0 Å². The summed E-state index contributed by atoms with van der Waals surface area (Å²) in [5, 5.41) is 3.44. The van der Waals surface area contributed by atoms with Crippen LogP contribution in [0.1, 0.15) is 21.6 Å². The van der Waals surface area contributed by atoms with Gasteiger partial charge in [-0.2, -0.15) is 0 Å². The Hall–Kier alpha value is -1.12. The van der Waals surface area contributed by atoms with Gasteiger partial charge in [0.2, 0.25) is 0 Å². The fourth-order valence-corrected chi connectivity index (χ4v) is 3.67. The number of thiophene rings is 1. The lowest BCUT2D eigenvalue weighted by Gasteiger charge is -2.10. The van der Waals surface area contributed by atoms with Crippen LogP contribution in [0.3, 0.4) is 0 Å². The molecule has 0 saturated carbocycles. The van der Waals surface area contributed by atoms with Crippen molar-refractivity contribution in [3.63, 3.8) is 0 Å². The maximum atomic E-state index is 3.44. The Balaban J connectivity index is 2.09. The second-order valence-corrected chi connectivity index (χ2v) is 5.87. The lowest BCUT2D eigenvalue weighted by Crippen LogP contribution is -2.21. The van der Waals surface area contributed by atoms with Gasteiger partial charge in [0, 0.05) is 22.8 Å². The third-order valence-corrected chi connectivity index (χ3v) is 4.88. The van der Waals surface area contributed by atoms with E-state index in [-0.39, 0.29) is 0 Å². The van der Waals surface area contributed by atoms with Gasteiger partial charge in [0.15, 0.2) is 0 Å². The lowest BCUT2D eigenvalue weighted by atomic mass is 10.0. The number of rotatable bonds is 1. The van der Waals surface area contributed by atoms with Crippen LogP contribution in [-0.4, -0.2) is 6.54 Å². The minimum atomic E-state index is 1.04. The molecule has 88 valence electrons. The highest BCUT2D eigenvalue weighted by Crippen LogP contribution is 2.35. The molecule has 1 N–H and O–H groups in total. The van der Waals surface area contributed by atoms with Crippen LogP contribution in [0.2, 0.25) is 0 Å². The number of benzene rings is 1. The molecule has 0 spiro atoms. The molecule has 0 bridgehead atoms. The maximum Gasteiger partial charge on any atom is 0.0351 e. The largest absolute Gasteiger partial charge is 0.312 e. The van der Waals surface area contributed by atoms with Gasteiger partial charge in [-0.25, -0.2) is 0 Å². The van der Waals surface area contributed by atoms with E-state index in [0.29, 0.717) is 0 Å². The first-order valence-electron chi connectivity index (χ1n) is 6.14. The Morgan fingerprint density at radius 1 is 1.24 bits per heavy atom. The Morgan fingerprint density at radius 3 is 2.94 bits per heavy atom. The summed E-state index contributed by atoms with van der Waals surface area (Å²) >= 11 is 1.97. The highest BCUT2D eigenvalue weighted by Gasteiger charge is 2.14. The predicted molar refractivity (Wildman–Crippen MR) is 74.6 cm³/mol. The van der Waals surface area contributed by atoms with Crippen LogP contribution in [0.15, 0.2) is 24.3 Å². The lowest BCUT2D eigenvalue weighted by molar-refractivity contribution is 0.653. The van der Waals surface area contributed by atoms with Gasteiger partial charge in [-0.1, -0.05) is 18.2 Å². The van der Waals surface area contributed by atoms with Crippen LogP contribution in [0.5, 0.6) is 0 Å². The van der Waals surface area contributed by atoms with E-state index in [2.05, 4.69) is 43.4 Å². The number of nitrogens with one attached hydrogen (secondary N) is 1. The molecule has 0 amide bonds. The summed E-state index contributed by atoms with van der Waals surface area (Å²) in [5.74, 6) is 0. The molecule has 0 unspecified atom stereocenters. The van der Waals surface area contributed by atoms with Crippen LogP contribution in [-0.2, 0) is 13.0 Å². The van der Waals surface area contributed by atoms with Crippen molar-refractivity contribution < 1.29 is 0 Å². The minimum absolute atomic E-state index is 1.04. The zero-order valence-electron chi connectivity index (χ0n) is 10.3. The first-order valence-corrected chi connectivity index (χ1v) is 6.96. The zero-order chi connectivity index (χ0) is 11.8. The van der Waals surface area contributed by atoms with Gasteiger partial charge in [-0.15, -0.1) is 11.3 Å². The molecule has 0 aliphatic carbocycles. The van der Waals surface area contributed by atoms with Crippen LogP contribution < -0.4 is 5.32 Å². The van der Waals surface area contributed by atoms with Crippen molar-refractivity contribution in [1.29, 1.82) is 0 Å². The molecule has 0 fully saturated rings. The number of fused-ring (bicyclic) bond motifs is 1. The molecule has 0 radical (unpaired) electrons. The molecular weight excluding hydrogens is 226 g/mol. The average molecular weight is 243 g/mol. The maximum absolute atomic E-state index is 3.44. The van der Waals surface area contributed by atoms with Gasteiger partial charge in [0.25, 0.3) is 0 Å². The molecule has 0 atom stereocenters. The third kappa shape index (κ3) is 1.92. The Kier molecular flexibility index (Phi) is 2.77. The van der Waals surface area contributed by atoms with Crippen molar-refractivity contribution in [1.82, 2.24) is 5.32 Å². The first-order chi connectivity index (χ1) is 8.25. The Morgan fingerprint density at radius 2 is 2.12 bits per heavy atom. The molecule has 1 aliphatic rings. The van der Waals surface area contributed by atoms with Gasteiger partial charge < -0.3 is 5.32 Å². The highest BCUT2D eigenvalue weighted by atomic mass is 32.1. The molecule has 2 heterocycles. The van der Waals surface area contributed by atoms with Crippen LogP contribution >= 0.6 is 11.3 Å². The normalized spacial score (nSPS) is 14.7. The average Bonchev–Trinajstić information content (AvgIpc) is 2.76. The molecule has 1 aromatic carbocycles. The molecule has 1 aliphatic heterocycles. The summed E-state index contributed by atoms with van der Waals surface area (Å²) in [4.78, 5) is 3.00.